The lowest BCUT2D eigenvalue weighted by Gasteiger charge is -2.27. The number of nitrogens with two attached hydrogens (primary N) is 1. The fourth-order valence-corrected chi connectivity index (χ4v) is 4.43. The average molecular weight is 415 g/mol. The number of ether oxygens (including phenoxy) is 1. The highest BCUT2D eigenvalue weighted by Crippen LogP contribution is 2.32. The molecule has 1 aliphatic heterocycles. The van der Waals surface area contributed by atoms with Crippen LogP contribution in [0.3, 0.4) is 0 Å². The largest absolute Gasteiger partial charge is 0.385 e. The maximum absolute atomic E-state index is 6.50. The molecule has 2 aromatic rings. The fourth-order valence-electron chi connectivity index (χ4n) is 4.22. The summed E-state index contributed by atoms with van der Waals surface area (Å²) in [6.45, 7) is 2.73. The molecular formula is C23H31ClN4O. The van der Waals surface area contributed by atoms with Crippen molar-refractivity contribution < 1.29 is 4.74 Å². The SMILES string of the molecule is N[C@H]1CC[C@H](Nc2cc(-c3cccc(NCC4CCOCC4)c3)c(Cl)cn2)CC1. The number of aromatic nitrogens is 1. The molecule has 1 aliphatic carbocycles. The average Bonchev–Trinajstić information content (AvgIpc) is 2.76. The van der Waals surface area contributed by atoms with E-state index in [2.05, 4.69) is 45.9 Å². The molecule has 4 N–H and O–H groups in total. The Morgan fingerprint density at radius 3 is 2.66 bits per heavy atom. The quantitative estimate of drug-likeness (QED) is 0.625. The molecule has 1 aromatic heterocycles. The molecule has 2 aliphatic rings. The van der Waals surface area contributed by atoms with Gasteiger partial charge in [-0.2, -0.15) is 0 Å². The summed E-state index contributed by atoms with van der Waals surface area (Å²) in [7, 11) is 0. The van der Waals surface area contributed by atoms with Crippen molar-refractivity contribution in [1.82, 2.24) is 4.98 Å². The molecule has 4 rings (SSSR count). The molecule has 0 unspecified atom stereocenters. The molecule has 1 saturated carbocycles. The van der Waals surface area contributed by atoms with E-state index in [1.807, 2.05) is 0 Å². The number of hydrogen-bond acceptors (Lipinski definition) is 5. The Hall–Kier alpha value is -1.82. The summed E-state index contributed by atoms with van der Waals surface area (Å²) in [6.07, 6.45) is 8.32. The third-order valence-corrected chi connectivity index (χ3v) is 6.39. The smallest absolute Gasteiger partial charge is 0.126 e. The molecule has 1 saturated heterocycles. The van der Waals surface area contributed by atoms with Crippen LogP contribution in [0.15, 0.2) is 36.5 Å². The van der Waals surface area contributed by atoms with Gasteiger partial charge in [0.1, 0.15) is 5.82 Å². The number of nitrogens with zero attached hydrogens (tertiary/aromatic N) is 1. The topological polar surface area (TPSA) is 72.2 Å². The summed E-state index contributed by atoms with van der Waals surface area (Å²) in [4.78, 5) is 4.50. The van der Waals surface area contributed by atoms with Crippen LogP contribution >= 0.6 is 11.6 Å². The molecule has 2 fully saturated rings. The van der Waals surface area contributed by atoms with Gasteiger partial charge in [0.2, 0.25) is 0 Å². The van der Waals surface area contributed by atoms with E-state index in [-0.39, 0.29) is 0 Å². The van der Waals surface area contributed by atoms with E-state index < -0.39 is 0 Å². The molecule has 2 heterocycles. The molecule has 6 heteroatoms. The second-order valence-electron chi connectivity index (χ2n) is 8.32. The van der Waals surface area contributed by atoms with E-state index >= 15 is 0 Å². The fraction of sp³-hybridized carbons (Fsp3) is 0.522. The Morgan fingerprint density at radius 1 is 1.07 bits per heavy atom. The van der Waals surface area contributed by atoms with Crippen molar-refractivity contribution in [3.05, 3.63) is 41.6 Å². The van der Waals surface area contributed by atoms with E-state index in [0.29, 0.717) is 23.0 Å². The molecule has 156 valence electrons. The first kappa shape index (κ1) is 20.5. The van der Waals surface area contributed by atoms with Crippen molar-refractivity contribution in [3.8, 4) is 11.1 Å². The van der Waals surface area contributed by atoms with E-state index in [9.17, 15) is 0 Å². The van der Waals surface area contributed by atoms with Crippen LogP contribution in [-0.4, -0.2) is 36.8 Å². The monoisotopic (exact) mass is 414 g/mol. The Morgan fingerprint density at radius 2 is 1.86 bits per heavy atom. The number of anilines is 2. The standard InChI is InChI=1S/C23H31ClN4O/c24-22-15-27-23(28-19-6-4-18(25)5-7-19)13-21(22)17-2-1-3-20(12-17)26-14-16-8-10-29-11-9-16/h1-3,12-13,15-16,18-19,26H,4-11,14,25H2,(H,27,28)/t18-,19-. The lowest BCUT2D eigenvalue weighted by Crippen LogP contribution is -2.33. The molecule has 5 nitrogen and oxygen atoms in total. The minimum atomic E-state index is 0.346. The third kappa shape index (κ3) is 5.62. The van der Waals surface area contributed by atoms with E-state index in [0.717, 1.165) is 80.9 Å². The number of benzene rings is 1. The van der Waals surface area contributed by atoms with Crippen LogP contribution in [0.4, 0.5) is 11.5 Å². The maximum Gasteiger partial charge on any atom is 0.126 e. The first-order valence-electron chi connectivity index (χ1n) is 10.8. The zero-order valence-corrected chi connectivity index (χ0v) is 17.6. The van der Waals surface area contributed by atoms with Gasteiger partial charge in [0.05, 0.1) is 5.02 Å². The molecule has 0 amide bonds. The van der Waals surface area contributed by atoms with Gasteiger partial charge >= 0.3 is 0 Å². The number of pyridine rings is 1. The summed E-state index contributed by atoms with van der Waals surface area (Å²) in [5, 5.41) is 7.82. The van der Waals surface area contributed by atoms with Crippen molar-refractivity contribution in [2.75, 3.05) is 30.4 Å². The minimum absolute atomic E-state index is 0.346. The van der Waals surface area contributed by atoms with Crippen molar-refractivity contribution in [2.24, 2.45) is 11.7 Å². The molecule has 0 spiro atoms. The molecule has 29 heavy (non-hydrogen) atoms. The van der Waals surface area contributed by atoms with Crippen molar-refractivity contribution >= 4 is 23.1 Å². The van der Waals surface area contributed by atoms with E-state index in [1.165, 1.54) is 0 Å². The van der Waals surface area contributed by atoms with Crippen LogP contribution in [0.5, 0.6) is 0 Å². The van der Waals surface area contributed by atoms with Crippen LogP contribution < -0.4 is 16.4 Å². The Kier molecular flexibility index (Phi) is 6.90. The highest BCUT2D eigenvalue weighted by molar-refractivity contribution is 6.33. The Bertz CT molecular complexity index is 801. The van der Waals surface area contributed by atoms with Gasteiger partial charge in [0.15, 0.2) is 0 Å². The molecule has 0 bridgehead atoms. The van der Waals surface area contributed by atoms with Gasteiger partial charge < -0.3 is 21.1 Å². The normalized spacial score (nSPS) is 23.0. The van der Waals surface area contributed by atoms with Gasteiger partial charge in [-0.1, -0.05) is 23.7 Å². The highest BCUT2D eigenvalue weighted by Gasteiger charge is 2.19. The molecule has 0 radical (unpaired) electrons. The van der Waals surface area contributed by atoms with Crippen LogP contribution in [-0.2, 0) is 4.74 Å². The summed E-state index contributed by atoms with van der Waals surface area (Å²) in [5.41, 5.74) is 9.25. The second kappa shape index (κ2) is 9.79. The third-order valence-electron chi connectivity index (χ3n) is 6.09. The van der Waals surface area contributed by atoms with Crippen LogP contribution in [0, 0.1) is 5.92 Å². The first-order valence-corrected chi connectivity index (χ1v) is 11.1. The van der Waals surface area contributed by atoms with Gasteiger partial charge in [0, 0.05) is 49.3 Å². The lowest BCUT2D eigenvalue weighted by atomic mass is 9.92. The minimum Gasteiger partial charge on any atom is -0.385 e. The second-order valence-corrected chi connectivity index (χ2v) is 8.73. The summed E-state index contributed by atoms with van der Waals surface area (Å²) in [6, 6.07) is 11.3. The van der Waals surface area contributed by atoms with Gasteiger partial charge in [-0.05, 0) is 68.2 Å². The van der Waals surface area contributed by atoms with Gasteiger partial charge in [-0.25, -0.2) is 4.98 Å². The predicted octanol–water partition coefficient (Wildman–Crippen LogP) is 4.92. The van der Waals surface area contributed by atoms with Gasteiger partial charge in [-0.3, -0.25) is 0 Å². The van der Waals surface area contributed by atoms with Crippen molar-refractivity contribution in [1.29, 1.82) is 0 Å². The molecule has 1 aromatic carbocycles. The van der Waals surface area contributed by atoms with Crippen LogP contribution in [0.25, 0.3) is 11.1 Å². The highest BCUT2D eigenvalue weighted by atomic mass is 35.5. The summed E-state index contributed by atoms with van der Waals surface area (Å²) < 4.78 is 5.45. The van der Waals surface area contributed by atoms with Crippen molar-refractivity contribution in [3.63, 3.8) is 0 Å². The number of halogens is 1. The number of hydrogen-bond donors (Lipinski definition) is 3. The van der Waals surface area contributed by atoms with Crippen molar-refractivity contribution in [2.45, 2.75) is 50.6 Å². The van der Waals surface area contributed by atoms with Crippen LogP contribution in [0.1, 0.15) is 38.5 Å². The predicted molar refractivity (Wildman–Crippen MR) is 121 cm³/mol. The van der Waals surface area contributed by atoms with Crippen LogP contribution in [0.2, 0.25) is 5.02 Å². The summed E-state index contributed by atoms with van der Waals surface area (Å²) in [5.74, 6) is 1.56. The zero-order chi connectivity index (χ0) is 20.1. The van der Waals surface area contributed by atoms with E-state index in [4.69, 9.17) is 22.1 Å². The van der Waals surface area contributed by atoms with Gasteiger partial charge in [0.25, 0.3) is 0 Å². The first-order chi connectivity index (χ1) is 14.2. The lowest BCUT2D eigenvalue weighted by molar-refractivity contribution is 0.0699. The molecular weight excluding hydrogens is 384 g/mol. The summed E-state index contributed by atoms with van der Waals surface area (Å²) >= 11 is 6.50. The number of nitrogens with one attached hydrogen (secondary N) is 2. The Labute approximate surface area is 178 Å². The molecule has 0 atom stereocenters. The Balaban J connectivity index is 1.44. The maximum atomic E-state index is 6.50. The zero-order valence-electron chi connectivity index (χ0n) is 16.9. The van der Waals surface area contributed by atoms with E-state index in [1.54, 1.807) is 6.20 Å². The van der Waals surface area contributed by atoms with Gasteiger partial charge in [-0.15, -0.1) is 0 Å². The number of rotatable bonds is 6.